The highest BCUT2D eigenvalue weighted by Gasteiger charge is 2.29. The summed E-state index contributed by atoms with van der Waals surface area (Å²) in [7, 11) is -4.10. The molecule has 2 N–H and O–H groups in total. The van der Waals surface area contributed by atoms with E-state index in [-0.39, 0.29) is 51.0 Å². The summed E-state index contributed by atoms with van der Waals surface area (Å²) in [6.07, 6.45) is 20.8. The number of phosphoric ester groups is 1. The zero-order valence-corrected chi connectivity index (χ0v) is 34.5. The summed E-state index contributed by atoms with van der Waals surface area (Å²) in [6, 6.07) is -0.648. The molecule has 3 atom stereocenters. The van der Waals surface area contributed by atoms with Crippen molar-refractivity contribution in [3.05, 3.63) is 12.7 Å². The molecule has 0 aromatic rings. The molecule has 2 amide bonds. The lowest BCUT2D eigenvalue weighted by Crippen LogP contribution is -2.41. The normalized spacial score (nSPS) is 13.9. The number of phosphoric acid groups is 1. The van der Waals surface area contributed by atoms with Crippen molar-refractivity contribution in [2.24, 2.45) is 0 Å². The van der Waals surface area contributed by atoms with Gasteiger partial charge >= 0.3 is 19.9 Å². The van der Waals surface area contributed by atoms with Gasteiger partial charge in [0.2, 0.25) is 5.91 Å². The quantitative estimate of drug-likeness (QED) is 0.0277. The number of carbonyl (C=O) groups is 3. The third-order valence-corrected chi connectivity index (χ3v) is 9.47. The van der Waals surface area contributed by atoms with Gasteiger partial charge in [-0.3, -0.25) is 23.2 Å². The average Bonchev–Trinajstić information content (AvgIpc) is 3.07. The first-order valence-corrected chi connectivity index (χ1v) is 21.5. The van der Waals surface area contributed by atoms with Crippen LogP contribution in [0.1, 0.15) is 164 Å². The van der Waals surface area contributed by atoms with Gasteiger partial charge in [0.25, 0.3) is 0 Å². The molecule has 0 fully saturated rings. The standard InChI is InChI=1S/C39H75N2O10P/c1-8-11-13-15-16-17-18-19-20-22-24-26-37(43)41-35(32-46-30-27-36(50-34(4)42)25-23-21-14-12-9-2)33-49-52(45,47-29-10-3)48-31-28-40-38(44)51-39(5,6)7/h10,35-36H,3,8-9,11-33H2,1-2,4-7H3,(H,40,44)(H,41,43)/t35-,36-,52?/m1/s1. The molecule has 0 aromatic carbocycles. The van der Waals surface area contributed by atoms with Gasteiger partial charge in [0.1, 0.15) is 11.7 Å². The monoisotopic (exact) mass is 763 g/mol. The van der Waals surface area contributed by atoms with E-state index in [1.807, 2.05) is 0 Å². The van der Waals surface area contributed by atoms with E-state index in [9.17, 15) is 18.9 Å². The van der Waals surface area contributed by atoms with Gasteiger partial charge in [-0.1, -0.05) is 110 Å². The highest BCUT2D eigenvalue weighted by atomic mass is 31.2. The highest BCUT2D eigenvalue weighted by molar-refractivity contribution is 7.48. The Morgan fingerprint density at radius 3 is 1.88 bits per heavy atom. The fraction of sp³-hybridized carbons (Fsp3) is 0.872. The molecule has 0 spiro atoms. The summed E-state index contributed by atoms with van der Waals surface area (Å²) in [5.41, 5.74) is -0.666. The second-order valence-electron chi connectivity index (χ2n) is 14.4. The molecular formula is C39H75N2O10P. The van der Waals surface area contributed by atoms with Crippen LogP contribution in [0, 0.1) is 0 Å². The molecule has 0 radical (unpaired) electrons. The number of carbonyl (C=O) groups excluding carboxylic acids is 3. The molecule has 13 heteroatoms. The molecule has 0 aliphatic heterocycles. The van der Waals surface area contributed by atoms with Crippen LogP contribution in [-0.2, 0) is 41.9 Å². The SMILES string of the molecule is C=CCOP(=O)(OCCNC(=O)OC(C)(C)C)OC[C@@H](COCC[C@@H](CCCCCCC)OC(C)=O)NC(=O)CCCCCCCCCCCCC. The number of nitrogens with one attached hydrogen (secondary N) is 2. The van der Waals surface area contributed by atoms with Gasteiger partial charge in [0, 0.05) is 26.3 Å². The zero-order chi connectivity index (χ0) is 38.9. The molecular weight excluding hydrogens is 687 g/mol. The zero-order valence-electron chi connectivity index (χ0n) is 33.6. The summed E-state index contributed by atoms with van der Waals surface area (Å²) in [5, 5.41) is 5.50. The van der Waals surface area contributed by atoms with Crippen molar-refractivity contribution in [2.75, 3.05) is 39.6 Å². The number of unbranched alkanes of at least 4 members (excludes halogenated alkanes) is 14. The van der Waals surface area contributed by atoms with Crippen molar-refractivity contribution in [3.63, 3.8) is 0 Å². The van der Waals surface area contributed by atoms with Crippen molar-refractivity contribution in [3.8, 4) is 0 Å². The Bertz CT molecular complexity index is 975. The lowest BCUT2D eigenvalue weighted by Gasteiger charge is -2.23. The van der Waals surface area contributed by atoms with Gasteiger partial charge < -0.3 is 24.8 Å². The van der Waals surface area contributed by atoms with E-state index in [0.717, 1.165) is 51.4 Å². The van der Waals surface area contributed by atoms with Crippen molar-refractivity contribution in [1.82, 2.24) is 10.6 Å². The van der Waals surface area contributed by atoms with Gasteiger partial charge in [0.15, 0.2) is 0 Å². The third-order valence-electron chi connectivity index (χ3n) is 8.04. The Hall–Kier alpha value is -1.98. The van der Waals surface area contributed by atoms with Crippen LogP contribution >= 0.6 is 7.82 Å². The van der Waals surface area contributed by atoms with Gasteiger partial charge in [-0.2, -0.15) is 0 Å². The highest BCUT2D eigenvalue weighted by Crippen LogP contribution is 2.49. The number of ether oxygens (including phenoxy) is 3. The third kappa shape index (κ3) is 32.7. The molecule has 0 aromatic heterocycles. The minimum atomic E-state index is -4.10. The lowest BCUT2D eigenvalue weighted by molar-refractivity contribution is -0.147. The maximum Gasteiger partial charge on any atom is 0.475 e. The van der Waals surface area contributed by atoms with Crippen LogP contribution in [0.15, 0.2) is 12.7 Å². The fourth-order valence-electron chi connectivity index (χ4n) is 5.36. The Morgan fingerprint density at radius 1 is 0.750 bits per heavy atom. The maximum atomic E-state index is 13.4. The fourth-order valence-corrected chi connectivity index (χ4v) is 6.54. The number of amides is 2. The number of hydrogen-bond donors (Lipinski definition) is 2. The second kappa shape index (κ2) is 32.5. The number of hydrogen-bond acceptors (Lipinski definition) is 10. The Morgan fingerprint density at radius 2 is 1.33 bits per heavy atom. The Balaban J connectivity index is 5.12. The van der Waals surface area contributed by atoms with E-state index in [4.69, 9.17) is 27.8 Å². The average molecular weight is 763 g/mol. The van der Waals surface area contributed by atoms with Crippen LogP contribution in [0.3, 0.4) is 0 Å². The van der Waals surface area contributed by atoms with Crippen molar-refractivity contribution in [2.45, 2.75) is 181 Å². The van der Waals surface area contributed by atoms with E-state index < -0.39 is 25.6 Å². The van der Waals surface area contributed by atoms with E-state index >= 15 is 0 Å². The van der Waals surface area contributed by atoms with Crippen LogP contribution in [0.5, 0.6) is 0 Å². The largest absolute Gasteiger partial charge is 0.475 e. The van der Waals surface area contributed by atoms with Crippen LogP contribution in [0.2, 0.25) is 0 Å². The van der Waals surface area contributed by atoms with Crippen LogP contribution in [-0.4, -0.2) is 75.3 Å². The summed E-state index contributed by atoms with van der Waals surface area (Å²) >= 11 is 0. The first-order chi connectivity index (χ1) is 24.8. The topological polar surface area (TPSA) is 148 Å². The van der Waals surface area contributed by atoms with Crippen LogP contribution in [0.25, 0.3) is 0 Å². The van der Waals surface area contributed by atoms with Crippen LogP contribution < -0.4 is 10.6 Å². The van der Waals surface area contributed by atoms with E-state index in [2.05, 4.69) is 31.1 Å². The molecule has 0 saturated heterocycles. The molecule has 0 rings (SSSR count). The lowest BCUT2D eigenvalue weighted by atomic mass is 10.1. The molecule has 1 unspecified atom stereocenters. The first kappa shape index (κ1) is 50.0. The van der Waals surface area contributed by atoms with Crippen LogP contribution in [0.4, 0.5) is 4.79 Å². The number of esters is 1. The first-order valence-electron chi connectivity index (χ1n) is 20.0. The van der Waals surface area contributed by atoms with Gasteiger partial charge in [-0.15, -0.1) is 6.58 Å². The second-order valence-corrected chi connectivity index (χ2v) is 16.1. The predicted octanol–water partition coefficient (Wildman–Crippen LogP) is 9.74. The predicted molar refractivity (Wildman–Crippen MR) is 207 cm³/mol. The molecule has 0 bridgehead atoms. The minimum absolute atomic E-state index is 0.00402. The molecule has 0 aliphatic rings. The molecule has 52 heavy (non-hydrogen) atoms. The van der Waals surface area contributed by atoms with E-state index in [0.29, 0.717) is 19.4 Å². The summed E-state index contributed by atoms with van der Waals surface area (Å²) in [5.74, 6) is -0.474. The molecule has 0 heterocycles. The summed E-state index contributed by atoms with van der Waals surface area (Å²) < 4.78 is 46.6. The molecule has 12 nitrogen and oxygen atoms in total. The van der Waals surface area contributed by atoms with Crippen molar-refractivity contribution in [1.29, 1.82) is 0 Å². The summed E-state index contributed by atoms with van der Waals surface area (Å²) in [4.78, 5) is 36.6. The smallest absolute Gasteiger partial charge is 0.462 e. The number of alkyl carbamates (subject to hydrolysis) is 1. The molecule has 0 saturated carbocycles. The van der Waals surface area contributed by atoms with Crippen molar-refractivity contribution < 1.29 is 46.7 Å². The Labute approximate surface area is 316 Å². The maximum absolute atomic E-state index is 13.4. The van der Waals surface area contributed by atoms with E-state index in [1.54, 1.807) is 20.8 Å². The summed E-state index contributed by atoms with van der Waals surface area (Å²) in [6.45, 7) is 14.6. The minimum Gasteiger partial charge on any atom is -0.462 e. The van der Waals surface area contributed by atoms with Gasteiger partial charge in [-0.05, 0) is 40.0 Å². The molecule has 0 aliphatic carbocycles. The number of rotatable bonds is 35. The van der Waals surface area contributed by atoms with Crippen molar-refractivity contribution >= 4 is 25.8 Å². The van der Waals surface area contributed by atoms with Gasteiger partial charge in [-0.25, -0.2) is 9.36 Å². The Kier molecular flexibility index (Phi) is 31.2. The van der Waals surface area contributed by atoms with E-state index in [1.165, 1.54) is 70.8 Å². The molecule has 306 valence electrons. The van der Waals surface area contributed by atoms with Gasteiger partial charge in [0.05, 0.1) is 39.1 Å².